The number of hydrogen-bond acceptors (Lipinski definition) is 3. The van der Waals surface area contributed by atoms with Gasteiger partial charge in [-0.1, -0.05) is 35.9 Å². The van der Waals surface area contributed by atoms with Crippen molar-refractivity contribution >= 4 is 12.0 Å². The third kappa shape index (κ3) is 2.42. The van der Waals surface area contributed by atoms with Crippen LogP contribution in [0.3, 0.4) is 0 Å². The van der Waals surface area contributed by atoms with Crippen LogP contribution < -0.4 is 0 Å². The molecule has 1 unspecified atom stereocenters. The van der Waals surface area contributed by atoms with Crippen LogP contribution in [0.2, 0.25) is 0 Å². The fourth-order valence-electron chi connectivity index (χ4n) is 1.90. The molecule has 18 heavy (non-hydrogen) atoms. The Morgan fingerprint density at radius 3 is 2.61 bits per heavy atom. The highest BCUT2D eigenvalue weighted by Gasteiger charge is 2.37. The Hall–Kier alpha value is -2.10. The molecule has 1 fully saturated rings. The highest BCUT2D eigenvalue weighted by molar-refractivity contribution is 6.00. The second-order valence-electron chi connectivity index (χ2n) is 4.43. The molecule has 0 N–H and O–H groups in total. The monoisotopic (exact) mass is 245 g/mol. The average Bonchev–Trinajstić information content (AvgIpc) is 2.71. The molecule has 0 aromatic heterocycles. The minimum atomic E-state index is -0.577. The van der Waals surface area contributed by atoms with Gasteiger partial charge in [0.15, 0.2) is 0 Å². The molecule has 4 heteroatoms. The number of carbonyl (C=O) groups is 2. The number of carbonyl (C=O) groups excluding carboxylic acids is 2. The largest absolute Gasteiger partial charge is 0.446 e. The first kappa shape index (κ1) is 12.4. The molecule has 1 aliphatic rings. The number of rotatable bonds is 2. The van der Waals surface area contributed by atoms with E-state index in [1.54, 1.807) is 0 Å². The van der Waals surface area contributed by atoms with Gasteiger partial charge in [0.1, 0.15) is 12.6 Å². The summed E-state index contributed by atoms with van der Waals surface area (Å²) in [6.45, 7) is 3.85. The van der Waals surface area contributed by atoms with Gasteiger partial charge in [-0.2, -0.15) is 0 Å². The van der Waals surface area contributed by atoms with Gasteiger partial charge in [0.25, 0.3) is 5.91 Å². The maximum atomic E-state index is 12.0. The number of amides is 2. The Labute approximate surface area is 106 Å². The second-order valence-corrected chi connectivity index (χ2v) is 4.43. The summed E-state index contributed by atoms with van der Waals surface area (Å²) in [7, 11) is 0. The fourth-order valence-corrected chi connectivity index (χ4v) is 1.90. The first-order valence-corrected chi connectivity index (χ1v) is 5.79. The third-order valence-corrected chi connectivity index (χ3v) is 2.71. The highest BCUT2D eigenvalue weighted by Crippen LogP contribution is 2.27. The van der Waals surface area contributed by atoms with Gasteiger partial charge in [-0.3, -0.25) is 4.79 Å². The van der Waals surface area contributed by atoms with Crippen LogP contribution in [-0.2, 0) is 9.53 Å². The van der Waals surface area contributed by atoms with Gasteiger partial charge in [0, 0.05) is 6.08 Å². The van der Waals surface area contributed by atoms with E-state index in [4.69, 9.17) is 4.74 Å². The van der Waals surface area contributed by atoms with Crippen LogP contribution in [0, 0.1) is 0 Å². The zero-order valence-corrected chi connectivity index (χ0v) is 10.4. The van der Waals surface area contributed by atoms with E-state index in [1.807, 2.05) is 44.2 Å². The lowest BCUT2D eigenvalue weighted by Crippen LogP contribution is -2.33. The summed E-state index contributed by atoms with van der Waals surface area (Å²) in [4.78, 5) is 24.8. The first-order valence-electron chi connectivity index (χ1n) is 5.79. The topological polar surface area (TPSA) is 46.6 Å². The Bertz CT molecular complexity index is 489. The predicted octanol–water partition coefficient (Wildman–Crippen LogP) is 2.67. The van der Waals surface area contributed by atoms with Crippen molar-refractivity contribution in [3.63, 3.8) is 0 Å². The molecule has 2 amide bonds. The van der Waals surface area contributed by atoms with Gasteiger partial charge in [0.2, 0.25) is 0 Å². The minimum Gasteiger partial charge on any atom is -0.446 e. The summed E-state index contributed by atoms with van der Waals surface area (Å²) in [6.07, 6.45) is 0.869. The molecule has 2 rings (SSSR count). The maximum Gasteiger partial charge on any atom is 0.417 e. The summed E-state index contributed by atoms with van der Waals surface area (Å²) < 4.78 is 4.97. The number of benzene rings is 1. The fraction of sp³-hybridized carbons (Fsp3) is 0.286. The number of imide groups is 1. The Morgan fingerprint density at radius 2 is 2.00 bits per heavy atom. The minimum absolute atomic E-state index is 0.213. The van der Waals surface area contributed by atoms with E-state index in [0.717, 1.165) is 11.1 Å². The first-order chi connectivity index (χ1) is 8.59. The number of ether oxygens (including phenoxy) is 1. The number of nitrogens with zero attached hydrogens (tertiary/aromatic N) is 1. The van der Waals surface area contributed by atoms with Crippen LogP contribution in [0.25, 0.3) is 0 Å². The van der Waals surface area contributed by atoms with Gasteiger partial charge >= 0.3 is 6.09 Å². The summed E-state index contributed by atoms with van der Waals surface area (Å²) >= 11 is 0. The highest BCUT2D eigenvalue weighted by atomic mass is 16.6. The lowest BCUT2D eigenvalue weighted by Gasteiger charge is -2.18. The van der Waals surface area contributed by atoms with E-state index < -0.39 is 6.09 Å². The molecule has 0 saturated carbocycles. The molecule has 0 spiro atoms. The van der Waals surface area contributed by atoms with Crippen molar-refractivity contribution in [2.45, 2.75) is 19.9 Å². The molecule has 0 radical (unpaired) electrons. The number of allylic oxidation sites excluding steroid dienone is 1. The zero-order valence-electron chi connectivity index (χ0n) is 10.4. The molecule has 1 aromatic carbocycles. The van der Waals surface area contributed by atoms with Gasteiger partial charge in [0.05, 0.1) is 0 Å². The van der Waals surface area contributed by atoms with Crippen LogP contribution >= 0.6 is 0 Å². The number of hydrogen-bond donors (Lipinski definition) is 0. The van der Waals surface area contributed by atoms with Crippen LogP contribution in [0.15, 0.2) is 42.0 Å². The summed E-state index contributed by atoms with van der Waals surface area (Å²) in [5, 5.41) is 0. The predicted molar refractivity (Wildman–Crippen MR) is 66.8 cm³/mol. The quantitative estimate of drug-likeness (QED) is 0.752. The van der Waals surface area contributed by atoms with Crippen molar-refractivity contribution in [1.82, 2.24) is 4.90 Å². The van der Waals surface area contributed by atoms with E-state index in [2.05, 4.69) is 0 Å². The van der Waals surface area contributed by atoms with Gasteiger partial charge in [-0.15, -0.1) is 0 Å². The average molecular weight is 245 g/mol. The van der Waals surface area contributed by atoms with E-state index >= 15 is 0 Å². The van der Waals surface area contributed by atoms with Crippen molar-refractivity contribution in [1.29, 1.82) is 0 Å². The van der Waals surface area contributed by atoms with E-state index in [1.165, 1.54) is 11.0 Å². The lowest BCUT2D eigenvalue weighted by molar-refractivity contribution is -0.124. The Morgan fingerprint density at radius 1 is 1.33 bits per heavy atom. The smallest absolute Gasteiger partial charge is 0.417 e. The van der Waals surface area contributed by atoms with Crippen molar-refractivity contribution in [2.24, 2.45) is 0 Å². The van der Waals surface area contributed by atoms with E-state index in [0.29, 0.717) is 0 Å². The molecular weight excluding hydrogens is 230 g/mol. The number of cyclic esters (lactones) is 1. The molecule has 0 aliphatic carbocycles. The zero-order chi connectivity index (χ0) is 13.1. The van der Waals surface area contributed by atoms with Crippen molar-refractivity contribution in [3.8, 4) is 0 Å². The van der Waals surface area contributed by atoms with Gasteiger partial charge in [-0.05, 0) is 19.4 Å². The molecule has 1 saturated heterocycles. The van der Waals surface area contributed by atoms with Crippen molar-refractivity contribution < 1.29 is 14.3 Å². The van der Waals surface area contributed by atoms with Crippen molar-refractivity contribution in [3.05, 3.63) is 47.5 Å². The summed E-state index contributed by atoms with van der Waals surface area (Å²) in [6, 6.07) is 9.08. The Balaban J connectivity index is 2.29. The van der Waals surface area contributed by atoms with Crippen LogP contribution in [0.4, 0.5) is 4.79 Å². The van der Waals surface area contributed by atoms with E-state index in [-0.39, 0.29) is 18.6 Å². The molecule has 4 nitrogen and oxygen atoms in total. The standard InChI is InChI=1S/C14H15NO3/c1-10(2)8-13(16)15-12(9-18-14(15)17)11-6-4-3-5-7-11/h3-8,12H,9H2,1-2H3. The molecule has 1 aromatic rings. The van der Waals surface area contributed by atoms with E-state index in [9.17, 15) is 9.59 Å². The molecule has 94 valence electrons. The Kier molecular flexibility index (Phi) is 3.46. The molecule has 1 atom stereocenters. The lowest BCUT2D eigenvalue weighted by atomic mass is 10.1. The molecular formula is C14H15NO3. The molecule has 1 aliphatic heterocycles. The SMILES string of the molecule is CC(C)=CC(=O)N1C(=O)OCC1c1ccccc1. The summed E-state index contributed by atoms with van der Waals surface area (Å²) in [5.74, 6) is -0.327. The molecule has 0 bridgehead atoms. The van der Waals surface area contributed by atoms with Crippen LogP contribution in [-0.4, -0.2) is 23.5 Å². The maximum absolute atomic E-state index is 12.0. The van der Waals surface area contributed by atoms with Crippen molar-refractivity contribution in [2.75, 3.05) is 6.61 Å². The normalized spacial score (nSPS) is 18.4. The molecule has 1 heterocycles. The van der Waals surface area contributed by atoms with Crippen LogP contribution in [0.1, 0.15) is 25.5 Å². The third-order valence-electron chi connectivity index (χ3n) is 2.71. The van der Waals surface area contributed by atoms with Gasteiger partial charge in [-0.25, -0.2) is 9.69 Å². The summed E-state index contributed by atoms with van der Waals surface area (Å²) in [5.41, 5.74) is 1.75. The van der Waals surface area contributed by atoms with Gasteiger partial charge < -0.3 is 4.74 Å². The van der Waals surface area contributed by atoms with Crippen LogP contribution in [0.5, 0.6) is 0 Å². The second kappa shape index (κ2) is 5.04.